The Morgan fingerprint density at radius 2 is 2.08 bits per heavy atom. The number of aromatic nitrogens is 2. The van der Waals surface area contributed by atoms with Gasteiger partial charge in [-0.2, -0.15) is 5.10 Å². The van der Waals surface area contributed by atoms with Crippen LogP contribution in [0.25, 0.3) is 10.9 Å². The Labute approximate surface area is 152 Å². The summed E-state index contributed by atoms with van der Waals surface area (Å²) in [6.07, 6.45) is 9.42. The number of hydrogen-bond acceptors (Lipinski definition) is 4. The molecule has 0 unspecified atom stereocenters. The van der Waals surface area contributed by atoms with Crippen molar-refractivity contribution in [3.8, 4) is 5.75 Å². The lowest BCUT2D eigenvalue weighted by atomic mass is 9.72. The second kappa shape index (κ2) is 5.46. The van der Waals surface area contributed by atoms with Crippen LogP contribution >= 0.6 is 0 Å². The predicted molar refractivity (Wildman–Crippen MR) is 95.8 cm³/mol. The SMILES string of the molecule is CC12CCC(n3cc4cc(C(=O)O)c(OC5CCC5)cc4n3)(CC1)CO2. The number of ether oxygens (including phenoxy) is 2. The molecule has 138 valence electrons. The van der Waals surface area contributed by atoms with Crippen molar-refractivity contribution in [1.82, 2.24) is 9.78 Å². The van der Waals surface area contributed by atoms with E-state index in [1.165, 1.54) is 0 Å². The number of nitrogens with zero attached hydrogens (tertiary/aromatic N) is 2. The third kappa shape index (κ3) is 2.42. The molecule has 0 amide bonds. The summed E-state index contributed by atoms with van der Waals surface area (Å²) >= 11 is 0. The second-order valence-electron chi connectivity index (χ2n) is 8.42. The molecular weight excluding hydrogens is 332 g/mol. The minimum absolute atomic E-state index is 0.0224. The van der Waals surface area contributed by atoms with Crippen molar-refractivity contribution >= 4 is 16.9 Å². The Balaban J connectivity index is 1.54. The number of aromatic carboxylic acids is 1. The first-order valence-electron chi connectivity index (χ1n) is 9.54. The van der Waals surface area contributed by atoms with Crippen LogP contribution < -0.4 is 4.74 Å². The topological polar surface area (TPSA) is 73.6 Å². The van der Waals surface area contributed by atoms with Gasteiger partial charge < -0.3 is 14.6 Å². The Hall–Kier alpha value is -2.08. The lowest BCUT2D eigenvalue weighted by Gasteiger charge is -2.51. The van der Waals surface area contributed by atoms with Crippen LogP contribution in [0.3, 0.4) is 0 Å². The molecule has 4 aliphatic rings. The van der Waals surface area contributed by atoms with Crippen LogP contribution in [-0.4, -0.2) is 39.2 Å². The molecule has 2 aliphatic heterocycles. The second-order valence-corrected chi connectivity index (χ2v) is 8.42. The van der Waals surface area contributed by atoms with Crippen LogP contribution in [0.4, 0.5) is 0 Å². The van der Waals surface area contributed by atoms with Crippen LogP contribution in [0.2, 0.25) is 0 Å². The van der Waals surface area contributed by atoms with Crippen LogP contribution in [-0.2, 0) is 10.3 Å². The van der Waals surface area contributed by atoms with Gasteiger partial charge in [0, 0.05) is 17.6 Å². The van der Waals surface area contributed by atoms with Crippen molar-refractivity contribution in [1.29, 1.82) is 0 Å². The Bertz CT molecular complexity index is 859. The van der Waals surface area contributed by atoms with Crippen molar-refractivity contribution in [3.63, 3.8) is 0 Å². The zero-order valence-electron chi connectivity index (χ0n) is 15.0. The summed E-state index contributed by atoms with van der Waals surface area (Å²) in [7, 11) is 0. The molecule has 2 aromatic rings. The fourth-order valence-electron chi connectivity index (χ4n) is 4.37. The molecule has 1 aromatic heterocycles. The minimum atomic E-state index is -0.957. The Kier molecular flexibility index (Phi) is 3.38. The van der Waals surface area contributed by atoms with E-state index in [-0.39, 0.29) is 22.8 Å². The first-order valence-corrected chi connectivity index (χ1v) is 9.54. The molecule has 2 saturated heterocycles. The van der Waals surface area contributed by atoms with Gasteiger partial charge in [-0.05, 0) is 57.9 Å². The number of carboxylic acids is 1. The van der Waals surface area contributed by atoms with Crippen LogP contribution in [0.5, 0.6) is 5.75 Å². The van der Waals surface area contributed by atoms with E-state index in [4.69, 9.17) is 14.6 Å². The normalized spacial score (nSPS) is 31.1. The van der Waals surface area contributed by atoms with E-state index in [1.54, 1.807) is 12.1 Å². The van der Waals surface area contributed by atoms with Gasteiger partial charge in [0.05, 0.1) is 29.4 Å². The molecule has 2 aliphatic carbocycles. The molecule has 26 heavy (non-hydrogen) atoms. The van der Waals surface area contributed by atoms with Gasteiger partial charge in [-0.1, -0.05) is 0 Å². The van der Waals surface area contributed by atoms with Gasteiger partial charge in [0.1, 0.15) is 11.3 Å². The van der Waals surface area contributed by atoms with E-state index in [2.05, 4.69) is 6.92 Å². The number of rotatable bonds is 4. The minimum Gasteiger partial charge on any atom is -0.489 e. The zero-order chi connectivity index (χ0) is 17.9. The number of benzene rings is 1. The van der Waals surface area contributed by atoms with Crippen LogP contribution in [0.1, 0.15) is 62.2 Å². The molecule has 0 spiro atoms. The van der Waals surface area contributed by atoms with Crippen molar-refractivity contribution < 1.29 is 19.4 Å². The molecule has 1 N–H and O–H groups in total. The first-order chi connectivity index (χ1) is 12.5. The van der Waals surface area contributed by atoms with Gasteiger partial charge in [0.15, 0.2) is 0 Å². The van der Waals surface area contributed by atoms with E-state index >= 15 is 0 Å². The zero-order valence-corrected chi connectivity index (χ0v) is 15.0. The highest BCUT2D eigenvalue weighted by Crippen LogP contribution is 2.47. The summed E-state index contributed by atoms with van der Waals surface area (Å²) in [4.78, 5) is 11.7. The summed E-state index contributed by atoms with van der Waals surface area (Å²) in [5.74, 6) is -0.518. The van der Waals surface area contributed by atoms with Gasteiger partial charge >= 0.3 is 5.97 Å². The van der Waals surface area contributed by atoms with Gasteiger partial charge in [0.2, 0.25) is 0 Å². The fourth-order valence-corrected chi connectivity index (χ4v) is 4.37. The fraction of sp³-hybridized carbons (Fsp3) is 0.600. The first kappa shape index (κ1) is 16.1. The van der Waals surface area contributed by atoms with Gasteiger partial charge in [-0.3, -0.25) is 4.68 Å². The maximum Gasteiger partial charge on any atom is 0.339 e. The number of carboxylic acid groups (broad SMARTS) is 1. The smallest absolute Gasteiger partial charge is 0.339 e. The summed E-state index contributed by atoms with van der Waals surface area (Å²) in [5.41, 5.74) is 0.930. The molecule has 6 rings (SSSR count). The summed E-state index contributed by atoms with van der Waals surface area (Å²) in [5, 5.41) is 15.2. The van der Waals surface area contributed by atoms with E-state index in [0.717, 1.165) is 55.8 Å². The molecule has 2 bridgehead atoms. The maximum atomic E-state index is 11.7. The van der Waals surface area contributed by atoms with E-state index < -0.39 is 5.97 Å². The molecule has 4 fully saturated rings. The van der Waals surface area contributed by atoms with Crippen molar-refractivity contribution in [2.24, 2.45) is 0 Å². The summed E-state index contributed by atoms with van der Waals surface area (Å²) in [6, 6.07) is 3.49. The predicted octanol–water partition coefficient (Wildman–Crippen LogP) is 3.72. The van der Waals surface area contributed by atoms with Crippen LogP contribution in [0.15, 0.2) is 18.3 Å². The quantitative estimate of drug-likeness (QED) is 0.904. The average Bonchev–Trinajstić information content (AvgIpc) is 3.02. The summed E-state index contributed by atoms with van der Waals surface area (Å²) < 4.78 is 14.0. The van der Waals surface area contributed by atoms with Crippen molar-refractivity contribution in [3.05, 3.63) is 23.9 Å². The van der Waals surface area contributed by atoms with E-state index in [0.29, 0.717) is 12.4 Å². The molecular formula is C20H24N2O4. The van der Waals surface area contributed by atoms with E-state index in [1.807, 2.05) is 10.9 Å². The van der Waals surface area contributed by atoms with Crippen molar-refractivity contribution in [2.45, 2.75) is 69.1 Å². The third-order valence-corrected chi connectivity index (χ3v) is 6.60. The highest BCUT2D eigenvalue weighted by molar-refractivity contribution is 5.96. The molecule has 6 heteroatoms. The standard InChI is InChI=1S/C20H24N2O4/c1-19-5-7-20(8-6-19,12-25-19)22-11-13-9-15(18(23)24)17(10-16(13)21-22)26-14-3-2-4-14/h9-11,14H,2-8,12H2,1H3,(H,23,24). The highest BCUT2D eigenvalue weighted by atomic mass is 16.5. The molecule has 3 heterocycles. The number of fused-ring (bicyclic) bond motifs is 4. The Morgan fingerprint density at radius 1 is 1.31 bits per heavy atom. The molecule has 2 saturated carbocycles. The Morgan fingerprint density at radius 3 is 2.65 bits per heavy atom. The highest BCUT2D eigenvalue weighted by Gasteiger charge is 2.49. The average molecular weight is 356 g/mol. The van der Waals surface area contributed by atoms with E-state index in [9.17, 15) is 9.90 Å². The van der Waals surface area contributed by atoms with Gasteiger partial charge in [-0.25, -0.2) is 4.79 Å². The monoisotopic (exact) mass is 356 g/mol. The van der Waals surface area contributed by atoms with Gasteiger partial charge in [0.25, 0.3) is 0 Å². The third-order valence-electron chi connectivity index (χ3n) is 6.60. The lowest BCUT2D eigenvalue weighted by Crippen LogP contribution is -2.54. The largest absolute Gasteiger partial charge is 0.489 e. The van der Waals surface area contributed by atoms with Crippen molar-refractivity contribution in [2.75, 3.05) is 6.61 Å². The molecule has 6 nitrogen and oxygen atoms in total. The summed E-state index contributed by atoms with van der Waals surface area (Å²) in [6.45, 7) is 2.87. The maximum absolute atomic E-state index is 11.7. The number of carbonyl (C=O) groups is 1. The van der Waals surface area contributed by atoms with Crippen LogP contribution in [0, 0.1) is 0 Å². The molecule has 1 aromatic carbocycles. The lowest BCUT2D eigenvalue weighted by molar-refractivity contribution is -0.169. The molecule has 0 radical (unpaired) electrons. The molecule has 0 atom stereocenters. The number of hydrogen-bond donors (Lipinski definition) is 1. The van der Waals surface area contributed by atoms with Gasteiger partial charge in [-0.15, -0.1) is 0 Å².